The number of rotatable bonds is 4. The third kappa shape index (κ3) is 2.68. The Morgan fingerprint density at radius 2 is 2.39 bits per heavy atom. The van der Waals surface area contributed by atoms with Gasteiger partial charge in [0.2, 0.25) is 5.91 Å². The zero-order chi connectivity index (χ0) is 13.0. The van der Waals surface area contributed by atoms with Gasteiger partial charge in [0.1, 0.15) is 0 Å². The minimum Gasteiger partial charge on any atom is -0.461 e. The molecule has 1 aromatic heterocycles. The molecule has 1 aromatic rings. The van der Waals surface area contributed by atoms with Crippen LogP contribution in [0.4, 0.5) is 0 Å². The standard InChI is InChI=1S/C13H15NO4/c1-2-13(16)14-5-7-17-9-10(14)8-11(15)12-4-3-6-18-12/h2-4,6,10H,1,5,7-9H2/t10-/m1/s1. The summed E-state index contributed by atoms with van der Waals surface area (Å²) in [5, 5.41) is 0. The predicted molar refractivity (Wildman–Crippen MR) is 64.2 cm³/mol. The van der Waals surface area contributed by atoms with E-state index < -0.39 is 0 Å². The summed E-state index contributed by atoms with van der Waals surface area (Å²) in [6.07, 6.45) is 2.92. The van der Waals surface area contributed by atoms with Crippen molar-refractivity contribution in [1.29, 1.82) is 0 Å². The van der Waals surface area contributed by atoms with Crippen LogP contribution in [0.2, 0.25) is 0 Å². The Kier molecular flexibility index (Phi) is 3.94. The third-order valence-electron chi connectivity index (χ3n) is 2.90. The maximum atomic E-state index is 11.9. The van der Waals surface area contributed by atoms with Crippen molar-refractivity contribution in [3.63, 3.8) is 0 Å². The predicted octanol–water partition coefficient (Wildman–Crippen LogP) is 1.27. The Bertz CT molecular complexity index is 438. The molecule has 0 radical (unpaired) electrons. The molecule has 1 aliphatic heterocycles. The SMILES string of the molecule is C=CC(=O)N1CCOC[C@H]1CC(=O)c1ccco1. The van der Waals surface area contributed by atoms with Crippen molar-refractivity contribution in [3.05, 3.63) is 36.8 Å². The second-order valence-corrected chi connectivity index (χ2v) is 4.07. The lowest BCUT2D eigenvalue weighted by atomic mass is 10.1. The van der Waals surface area contributed by atoms with Crippen LogP contribution < -0.4 is 0 Å². The number of hydrogen-bond donors (Lipinski definition) is 0. The Morgan fingerprint density at radius 1 is 1.56 bits per heavy atom. The van der Waals surface area contributed by atoms with E-state index in [-0.39, 0.29) is 24.2 Å². The van der Waals surface area contributed by atoms with E-state index in [9.17, 15) is 9.59 Å². The molecule has 0 aliphatic carbocycles. The lowest BCUT2D eigenvalue weighted by molar-refractivity contribution is -0.134. The zero-order valence-corrected chi connectivity index (χ0v) is 10.0. The zero-order valence-electron chi connectivity index (χ0n) is 10.0. The van der Waals surface area contributed by atoms with Crippen LogP contribution in [0.5, 0.6) is 0 Å². The Balaban J connectivity index is 2.03. The van der Waals surface area contributed by atoms with Crippen molar-refractivity contribution in [1.82, 2.24) is 4.90 Å². The summed E-state index contributed by atoms with van der Waals surface area (Å²) in [5.74, 6) is 0.0134. The van der Waals surface area contributed by atoms with Gasteiger partial charge >= 0.3 is 0 Å². The first-order valence-corrected chi connectivity index (χ1v) is 5.80. The quantitative estimate of drug-likeness (QED) is 0.595. The fourth-order valence-corrected chi connectivity index (χ4v) is 1.98. The first-order valence-electron chi connectivity index (χ1n) is 5.80. The summed E-state index contributed by atoms with van der Waals surface area (Å²) in [6.45, 7) is 4.81. The lowest BCUT2D eigenvalue weighted by Gasteiger charge is -2.34. The van der Waals surface area contributed by atoms with Gasteiger partial charge in [-0.15, -0.1) is 0 Å². The van der Waals surface area contributed by atoms with Crippen molar-refractivity contribution in [2.75, 3.05) is 19.8 Å². The molecule has 2 heterocycles. The second kappa shape index (κ2) is 5.64. The largest absolute Gasteiger partial charge is 0.461 e. The number of carbonyl (C=O) groups excluding carboxylic acids is 2. The monoisotopic (exact) mass is 249 g/mol. The lowest BCUT2D eigenvalue weighted by Crippen LogP contribution is -2.48. The second-order valence-electron chi connectivity index (χ2n) is 4.07. The highest BCUT2D eigenvalue weighted by atomic mass is 16.5. The molecule has 0 N–H and O–H groups in total. The summed E-state index contributed by atoms with van der Waals surface area (Å²) in [6, 6.07) is 3.03. The molecule has 0 spiro atoms. The highest BCUT2D eigenvalue weighted by Crippen LogP contribution is 2.15. The van der Waals surface area contributed by atoms with Crippen LogP contribution in [0.1, 0.15) is 17.0 Å². The van der Waals surface area contributed by atoms with Crippen LogP contribution in [0.25, 0.3) is 0 Å². The van der Waals surface area contributed by atoms with Crippen LogP contribution >= 0.6 is 0 Å². The van der Waals surface area contributed by atoms with E-state index in [1.807, 2.05) is 0 Å². The van der Waals surface area contributed by atoms with Gasteiger partial charge in [-0.2, -0.15) is 0 Å². The topological polar surface area (TPSA) is 59.8 Å². The summed E-state index contributed by atoms with van der Waals surface area (Å²) in [4.78, 5) is 25.2. The molecule has 1 fully saturated rings. The molecule has 1 saturated heterocycles. The highest BCUT2D eigenvalue weighted by Gasteiger charge is 2.28. The Hall–Kier alpha value is -1.88. The van der Waals surface area contributed by atoms with Gasteiger partial charge < -0.3 is 14.1 Å². The smallest absolute Gasteiger partial charge is 0.246 e. The van der Waals surface area contributed by atoms with Crippen molar-refractivity contribution < 1.29 is 18.7 Å². The minimum absolute atomic E-state index is 0.127. The van der Waals surface area contributed by atoms with E-state index >= 15 is 0 Å². The number of ether oxygens (including phenoxy) is 1. The van der Waals surface area contributed by atoms with Crippen molar-refractivity contribution in [3.8, 4) is 0 Å². The highest BCUT2D eigenvalue weighted by molar-refractivity contribution is 5.94. The average Bonchev–Trinajstić information content (AvgIpc) is 2.92. The van der Waals surface area contributed by atoms with Crippen LogP contribution in [0, 0.1) is 0 Å². The van der Waals surface area contributed by atoms with Gasteiger partial charge in [0.05, 0.1) is 25.5 Å². The van der Waals surface area contributed by atoms with Gasteiger partial charge in [-0.3, -0.25) is 9.59 Å². The van der Waals surface area contributed by atoms with E-state index in [1.165, 1.54) is 12.3 Å². The molecule has 5 nitrogen and oxygen atoms in total. The average molecular weight is 249 g/mol. The Labute approximate surface area is 105 Å². The van der Waals surface area contributed by atoms with Crippen molar-refractivity contribution in [2.45, 2.75) is 12.5 Å². The first kappa shape index (κ1) is 12.6. The number of ketones is 1. The van der Waals surface area contributed by atoms with Crippen molar-refractivity contribution in [2.24, 2.45) is 0 Å². The fourth-order valence-electron chi connectivity index (χ4n) is 1.98. The number of furan rings is 1. The van der Waals surface area contributed by atoms with E-state index in [0.717, 1.165) is 0 Å². The molecule has 1 aliphatic rings. The maximum absolute atomic E-state index is 11.9. The normalized spacial score (nSPS) is 19.6. The molecule has 0 aromatic carbocycles. The van der Waals surface area contributed by atoms with Crippen LogP contribution in [0.15, 0.2) is 35.5 Å². The molecule has 0 bridgehead atoms. The van der Waals surface area contributed by atoms with Crippen LogP contribution in [-0.4, -0.2) is 42.4 Å². The number of carbonyl (C=O) groups is 2. The summed E-state index contributed by atoms with van der Waals surface area (Å²) >= 11 is 0. The first-order chi connectivity index (χ1) is 8.72. The maximum Gasteiger partial charge on any atom is 0.246 e. The van der Waals surface area contributed by atoms with Gasteiger partial charge in [0.25, 0.3) is 0 Å². The minimum atomic E-state index is -0.248. The van der Waals surface area contributed by atoms with E-state index in [4.69, 9.17) is 9.15 Å². The molecule has 96 valence electrons. The van der Waals surface area contributed by atoms with Gasteiger partial charge in [-0.1, -0.05) is 6.58 Å². The van der Waals surface area contributed by atoms with E-state index in [1.54, 1.807) is 17.0 Å². The van der Waals surface area contributed by atoms with Gasteiger partial charge in [-0.05, 0) is 18.2 Å². The molecule has 0 saturated carbocycles. The fraction of sp³-hybridized carbons (Fsp3) is 0.385. The Morgan fingerprint density at radius 3 is 3.06 bits per heavy atom. The van der Waals surface area contributed by atoms with Gasteiger partial charge in [-0.25, -0.2) is 0 Å². The number of nitrogens with zero attached hydrogens (tertiary/aromatic N) is 1. The molecule has 1 amide bonds. The van der Waals surface area contributed by atoms with Gasteiger partial charge in [0.15, 0.2) is 11.5 Å². The molecule has 0 unspecified atom stereocenters. The molecular weight excluding hydrogens is 234 g/mol. The summed E-state index contributed by atoms with van der Waals surface area (Å²) in [7, 11) is 0. The van der Waals surface area contributed by atoms with E-state index in [0.29, 0.717) is 25.5 Å². The summed E-state index contributed by atoms with van der Waals surface area (Å²) in [5.41, 5.74) is 0. The van der Waals surface area contributed by atoms with Crippen LogP contribution in [0.3, 0.4) is 0 Å². The number of amides is 1. The number of morpholine rings is 1. The van der Waals surface area contributed by atoms with Crippen LogP contribution in [-0.2, 0) is 9.53 Å². The number of hydrogen-bond acceptors (Lipinski definition) is 4. The molecule has 1 atom stereocenters. The van der Waals surface area contributed by atoms with E-state index in [2.05, 4.69) is 6.58 Å². The van der Waals surface area contributed by atoms with Crippen molar-refractivity contribution >= 4 is 11.7 Å². The summed E-state index contributed by atoms with van der Waals surface area (Å²) < 4.78 is 10.4. The molecule has 18 heavy (non-hydrogen) atoms. The number of Topliss-reactive ketones (excluding diaryl/α,β-unsaturated/α-hetero) is 1. The molecule has 5 heteroatoms. The molecule has 2 rings (SSSR count). The molecular formula is C13H15NO4. The third-order valence-corrected chi connectivity index (χ3v) is 2.90. The van der Waals surface area contributed by atoms with Gasteiger partial charge in [0, 0.05) is 13.0 Å².